The second-order valence-electron chi connectivity index (χ2n) is 4.25. The number of halogens is 1. The van der Waals surface area contributed by atoms with Crippen LogP contribution in [0.1, 0.15) is 35.7 Å². The summed E-state index contributed by atoms with van der Waals surface area (Å²) in [7, 11) is 1.83. The molecule has 0 unspecified atom stereocenters. The molecule has 1 amide bonds. The predicted octanol–water partition coefficient (Wildman–Crippen LogP) is 3.21. The molecule has 1 aromatic carbocycles. The van der Waals surface area contributed by atoms with Crippen molar-refractivity contribution in [2.24, 2.45) is 0 Å². The van der Waals surface area contributed by atoms with Crippen LogP contribution >= 0.6 is 15.9 Å². The smallest absolute Gasteiger partial charge is 0.253 e. The zero-order chi connectivity index (χ0) is 13.0. The first kappa shape index (κ1) is 14.0. The Hall–Kier alpha value is -1.03. The van der Waals surface area contributed by atoms with Crippen molar-refractivity contribution >= 4 is 27.5 Å². The number of unbranched alkanes of at least 4 members (excludes halogenated alkanes) is 1. The highest BCUT2D eigenvalue weighted by Gasteiger charge is 2.15. The molecule has 94 valence electrons. The van der Waals surface area contributed by atoms with Gasteiger partial charge in [0.25, 0.3) is 5.91 Å². The maximum Gasteiger partial charge on any atom is 0.253 e. The van der Waals surface area contributed by atoms with E-state index >= 15 is 0 Å². The van der Waals surface area contributed by atoms with Gasteiger partial charge in [-0.2, -0.15) is 0 Å². The average Bonchev–Trinajstić information content (AvgIpc) is 2.29. The van der Waals surface area contributed by atoms with Gasteiger partial charge in [-0.3, -0.25) is 4.79 Å². The third-order valence-corrected chi connectivity index (χ3v) is 3.29. The Bertz CT molecular complexity index is 418. The van der Waals surface area contributed by atoms with Crippen LogP contribution in [0.3, 0.4) is 0 Å². The number of hydrogen-bond donors (Lipinski definition) is 1. The molecule has 0 radical (unpaired) electrons. The monoisotopic (exact) mass is 298 g/mol. The van der Waals surface area contributed by atoms with E-state index in [1.165, 1.54) is 0 Å². The molecule has 17 heavy (non-hydrogen) atoms. The van der Waals surface area contributed by atoms with Crippen LogP contribution in [0.15, 0.2) is 16.6 Å². The number of rotatable bonds is 4. The summed E-state index contributed by atoms with van der Waals surface area (Å²) >= 11 is 3.37. The van der Waals surface area contributed by atoms with Gasteiger partial charge in [-0.25, -0.2) is 0 Å². The molecule has 4 heteroatoms. The van der Waals surface area contributed by atoms with Gasteiger partial charge >= 0.3 is 0 Å². The Morgan fingerprint density at radius 1 is 1.47 bits per heavy atom. The lowest BCUT2D eigenvalue weighted by Crippen LogP contribution is -2.28. The first-order valence-electron chi connectivity index (χ1n) is 5.78. The van der Waals surface area contributed by atoms with Crippen LogP contribution in [0, 0.1) is 6.92 Å². The third-order valence-electron chi connectivity index (χ3n) is 2.84. The highest BCUT2D eigenvalue weighted by Crippen LogP contribution is 2.23. The minimum atomic E-state index is 0.0314. The zero-order valence-corrected chi connectivity index (χ0v) is 12.2. The van der Waals surface area contributed by atoms with Crippen molar-refractivity contribution < 1.29 is 4.79 Å². The number of nitrogens with two attached hydrogens (primary N) is 1. The largest absolute Gasteiger partial charge is 0.398 e. The molecule has 1 rings (SSSR count). The van der Waals surface area contributed by atoms with Gasteiger partial charge in [0.05, 0.1) is 0 Å². The summed E-state index contributed by atoms with van der Waals surface area (Å²) in [6, 6.07) is 3.65. The van der Waals surface area contributed by atoms with Crippen molar-refractivity contribution in [3.63, 3.8) is 0 Å². The van der Waals surface area contributed by atoms with Crippen LogP contribution in [0.5, 0.6) is 0 Å². The number of carbonyl (C=O) groups is 1. The number of benzene rings is 1. The number of anilines is 1. The molecule has 0 spiro atoms. The summed E-state index contributed by atoms with van der Waals surface area (Å²) in [5, 5.41) is 0. The van der Waals surface area contributed by atoms with Crippen molar-refractivity contribution in [3.05, 3.63) is 27.7 Å². The lowest BCUT2D eigenvalue weighted by atomic mass is 10.1. The van der Waals surface area contributed by atoms with E-state index in [-0.39, 0.29) is 5.91 Å². The molecule has 0 aromatic heterocycles. The number of nitrogens with zero attached hydrogens (tertiary/aromatic N) is 1. The van der Waals surface area contributed by atoms with Crippen LogP contribution in [0.4, 0.5) is 5.69 Å². The Kier molecular flexibility index (Phi) is 5.00. The fourth-order valence-electron chi connectivity index (χ4n) is 1.62. The maximum absolute atomic E-state index is 12.2. The Morgan fingerprint density at radius 2 is 2.12 bits per heavy atom. The highest BCUT2D eigenvalue weighted by atomic mass is 79.9. The van der Waals surface area contributed by atoms with E-state index in [0.29, 0.717) is 11.3 Å². The van der Waals surface area contributed by atoms with Gasteiger partial charge < -0.3 is 10.6 Å². The van der Waals surface area contributed by atoms with E-state index in [1.54, 1.807) is 4.90 Å². The summed E-state index contributed by atoms with van der Waals surface area (Å²) in [4.78, 5) is 14.0. The van der Waals surface area contributed by atoms with Crippen molar-refractivity contribution in [2.45, 2.75) is 26.7 Å². The molecule has 0 aliphatic carbocycles. The zero-order valence-electron chi connectivity index (χ0n) is 10.6. The fraction of sp³-hybridized carbons (Fsp3) is 0.462. The lowest BCUT2D eigenvalue weighted by Gasteiger charge is -2.18. The molecule has 0 atom stereocenters. The van der Waals surface area contributed by atoms with Gasteiger partial charge in [0.15, 0.2) is 0 Å². The fourth-order valence-corrected chi connectivity index (χ4v) is 2.10. The van der Waals surface area contributed by atoms with Crippen LogP contribution in [-0.4, -0.2) is 24.4 Å². The van der Waals surface area contributed by atoms with E-state index in [2.05, 4.69) is 22.9 Å². The van der Waals surface area contributed by atoms with Crippen molar-refractivity contribution in [1.29, 1.82) is 0 Å². The van der Waals surface area contributed by atoms with E-state index < -0.39 is 0 Å². The first-order valence-corrected chi connectivity index (χ1v) is 6.57. The summed E-state index contributed by atoms with van der Waals surface area (Å²) in [6.07, 6.45) is 2.10. The van der Waals surface area contributed by atoms with Gasteiger partial charge in [-0.1, -0.05) is 29.3 Å². The molecule has 0 saturated heterocycles. The molecule has 0 aliphatic rings. The molecular formula is C13H19BrN2O. The molecule has 0 saturated carbocycles. The van der Waals surface area contributed by atoms with Gasteiger partial charge in [0.1, 0.15) is 0 Å². The van der Waals surface area contributed by atoms with E-state index in [9.17, 15) is 4.79 Å². The minimum absolute atomic E-state index is 0.0314. The molecule has 2 N–H and O–H groups in total. The van der Waals surface area contributed by atoms with Crippen LogP contribution in [-0.2, 0) is 0 Å². The summed E-state index contributed by atoms with van der Waals surface area (Å²) in [5.74, 6) is 0.0314. The number of carbonyl (C=O) groups excluding carboxylic acids is 1. The second-order valence-corrected chi connectivity index (χ2v) is 5.16. The van der Waals surface area contributed by atoms with Crippen LogP contribution < -0.4 is 5.73 Å². The molecule has 0 aliphatic heterocycles. The number of amides is 1. The van der Waals surface area contributed by atoms with E-state index in [0.717, 1.165) is 29.4 Å². The van der Waals surface area contributed by atoms with E-state index in [1.807, 2.05) is 26.1 Å². The molecular weight excluding hydrogens is 280 g/mol. The highest BCUT2D eigenvalue weighted by molar-refractivity contribution is 9.10. The SMILES string of the molecule is CCCCN(C)C(=O)c1cc(Br)cc(N)c1C. The number of nitrogen functional groups attached to an aromatic ring is 1. The quantitative estimate of drug-likeness (QED) is 0.868. The average molecular weight is 299 g/mol. The first-order chi connectivity index (χ1) is 7.97. The molecule has 1 aromatic rings. The molecule has 0 heterocycles. The predicted molar refractivity (Wildman–Crippen MR) is 75.2 cm³/mol. The van der Waals surface area contributed by atoms with Crippen LogP contribution in [0.25, 0.3) is 0 Å². The normalized spacial score (nSPS) is 10.4. The lowest BCUT2D eigenvalue weighted by molar-refractivity contribution is 0.0792. The Labute approximate surface area is 111 Å². The maximum atomic E-state index is 12.2. The van der Waals surface area contributed by atoms with E-state index in [4.69, 9.17) is 5.73 Å². The molecule has 0 fully saturated rings. The van der Waals surface area contributed by atoms with Crippen molar-refractivity contribution in [1.82, 2.24) is 4.90 Å². The molecule has 3 nitrogen and oxygen atoms in total. The topological polar surface area (TPSA) is 46.3 Å². The van der Waals surface area contributed by atoms with Gasteiger partial charge in [0, 0.05) is 29.3 Å². The summed E-state index contributed by atoms with van der Waals surface area (Å²) < 4.78 is 0.841. The van der Waals surface area contributed by atoms with Gasteiger partial charge in [-0.05, 0) is 31.0 Å². The Balaban J connectivity index is 2.96. The minimum Gasteiger partial charge on any atom is -0.398 e. The second kappa shape index (κ2) is 6.05. The third kappa shape index (κ3) is 3.46. The van der Waals surface area contributed by atoms with Crippen molar-refractivity contribution in [2.75, 3.05) is 19.3 Å². The Morgan fingerprint density at radius 3 is 2.71 bits per heavy atom. The standard InChI is InChI=1S/C13H19BrN2O/c1-4-5-6-16(3)13(17)11-7-10(14)8-12(15)9(11)2/h7-8H,4-6,15H2,1-3H3. The number of hydrogen-bond acceptors (Lipinski definition) is 2. The van der Waals surface area contributed by atoms with Crippen LogP contribution in [0.2, 0.25) is 0 Å². The van der Waals surface area contributed by atoms with Crippen molar-refractivity contribution in [3.8, 4) is 0 Å². The van der Waals surface area contributed by atoms with Gasteiger partial charge in [-0.15, -0.1) is 0 Å². The summed E-state index contributed by atoms with van der Waals surface area (Å²) in [6.45, 7) is 4.77. The summed E-state index contributed by atoms with van der Waals surface area (Å²) in [5.41, 5.74) is 8.03. The van der Waals surface area contributed by atoms with Gasteiger partial charge in [0.2, 0.25) is 0 Å². The molecule has 0 bridgehead atoms.